The minimum absolute atomic E-state index is 0.0672. The summed E-state index contributed by atoms with van der Waals surface area (Å²) in [5.41, 5.74) is 0. The van der Waals surface area contributed by atoms with E-state index in [1.165, 1.54) is 0 Å². The summed E-state index contributed by atoms with van der Waals surface area (Å²) in [5.74, 6) is -0.250. The van der Waals surface area contributed by atoms with Gasteiger partial charge in [-0.05, 0) is 27.2 Å². The summed E-state index contributed by atoms with van der Waals surface area (Å²) in [7, 11) is 0. The van der Waals surface area contributed by atoms with E-state index >= 15 is 0 Å². The molecule has 0 saturated heterocycles. The number of hydrogen-bond donors (Lipinski definition) is 2. The zero-order valence-corrected chi connectivity index (χ0v) is 8.54. The molecule has 13 heavy (non-hydrogen) atoms. The van der Waals surface area contributed by atoms with Crippen molar-refractivity contribution in [3.8, 4) is 0 Å². The van der Waals surface area contributed by atoms with Crippen LogP contribution in [0.15, 0.2) is 0 Å². The van der Waals surface area contributed by atoms with Crippen molar-refractivity contribution >= 4 is 5.97 Å². The van der Waals surface area contributed by atoms with Crippen LogP contribution < -0.4 is 5.32 Å². The number of aliphatic hydroxyl groups excluding tert-OH is 1. The number of carbonyl (C=O) groups is 1. The molecule has 0 aromatic rings. The predicted octanol–water partition coefficient (Wildman–Crippen LogP) is 0.298. The van der Waals surface area contributed by atoms with E-state index in [-0.39, 0.29) is 31.3 Å². The molecular weight excluding hydrogens is 170 g/mol. The lowest BCUT2D eigenvalue weighted by Crippen LogP contribution is -2.33. The molecule has 0 fully saturated rings. The van der Waals surface area contributed by atoms with Gasteiger partial charge in [-0.1, -0.05) is 0 Å². The molecular formula is C9H19NO3. The fourth-order valence-corrected chi connectivity index (χ4v) is 0.858. The average molecular weight is 189 g/mol. The summed E-state index contributed by atoms with van der Waals surface area (Å²) in [4.78, 5) is 11.0. The molecule has 1 atom stereocenters. The maximum atomic E-state index is 11.0. The summed E-state index contributed by atoms with van der Waals surface area (Å²) in [5, 5.41) is 11.5. The van der Waals surface area contributed by atoms with Crippen LogP contribution in [0.2, 0.25) is 0 Å². The molecule has 4 nitrogen and oxygen atoms in total. The lowest BCUT2D eigenvalue weighted by molar-refractivity contribution is -0.146. The number of carbonyl (C=O) groups excluding carboxylic acids is 1. The minimum Gasteiger partial charge on any atom is -0.462 e. The quantitative estimate of drug-likeness (QED) is 0.590. The van der Waals surface area contributed by atoms with Crippen molar-refractivity contribution in [3.05, 3.63) is 0 Å². The topological polar surface area (TPSA) is 58.6 Å². The highest BCUT2D eigenvalue weighted by molar-refractivity contribution is 5.71. The highest BCUT2D eigenvalue weighted by Gasteiger charge is 2.07. The van der Waals surface area contributed by atoms with Gasteiger partial charge in [-0.3, -0.25) is 4.79 Å². The van der Waals surface area contributed by atoms with E-state index in [4.69, 9.17) is 9.84 Å². The Morgan fingerprint density at radius 3 is 2.54 bits per heavy atom. The molecule has 4 heteroatoms. The Bertz CT molecular complexity index is 148. The lowest BCUT2D eigenvalue weighted by atomic mass is 10.2. The van der Waals surface area contributed by atoms with Crippen LogP contribution >= 0.6 is 0 Å². The molecule has 0 aliphatic rings. The third-order valence-corrected chi connectivity index (χ3v) is 1.52. The molecule has 0 saturated carbocycles. The number of aliphatic hydroxyl groups is 1. The van der Waals surface area contributed by atoms with Crippen molar-refractivity contribution in [1.82, 2.24) is 5.32 Å². The molecule has 0 amide bonds. The highest BCUT2D eigenvalue weighted by Crippen LogP contribution is 1.91. The van der Waals surface area contributed by atoms with Crippen molar-refractivity contribution in [2.24, 2.45) is 0 Å². The second-order valence-corrected chi connectivity index (χ2v) is 3.33. The molecule has 1 unspecified atom stereocenters. The maximum Gasteiger partial charge on any atom is 0.320 e. The monoisotopic (exact) mass is 189 g/mol. The SMILES string of the molecule is CC(CCO)NCC(=O)OC(C)C. The Kier molecular flexibility index (Phi) is 6.54. The molecule has 0 aromatic carbocycles. The van der Waals surface area contributed by atoms with E-state index in [2.05, 4.69) is 5.32 Å². The van der Waals surface area contributed by atoms with E-state index in [9.17, 15) is 4.79 Å². The molecule has 0 bridgehead atoms. The van der Waals surface area contributed by atoms with Crippen LogP contribution in [-0.4, -0.2) is 36.4 Å². The van der Waals surface area contributed by atoms with Crippen LogP contribution in [0.4, 0.5) is 0 Å². The summed E-state index contributed by atoms with van der Waals surface area (Å²) >= 11 is 0. The minimum atomic E-state index is -0.250. The van der Waals surface area contributed by atoms with Gasteiger partial charge in [0, 0.05) is 12.6 Å². The Morgan fingerprint density at radius 2 is 2.08 bits per heavy atom. The molecule has 0 radical (unpaired) electrons. The van der Waals surface area contributed by atoms with Crippen LogP contribution in [0.5, 0.6) is 0 Å². The zero-order valence-electron chi connectivity index (χ0n) is 8.54. The normalized spacial score (nSPS) is 13.0. The number of rotatable bonds is 6. The van der Waals surface area contributed by atoms with Crippen LogP contribution in [0, 0.1) is 0 Å². The standard InChI is InChI=1S/C9H19NO3/c1-7(2)13-9(12)6-10-8(3)4-5-11/h7-8,10-11H,4-6H2,1-3H3. The first-order valence-electron chi connectivity index (χ1n) is 4.60. The second-order valence-electron chi connectivity index (χ2n) is 3.33. The molecule has 0 aliphatic carbocycles. The van der Waals surface area contributed by atoms with Gasteiger partial charge in [0.2, 0.25) is 0 Å². The average Bonchev–Trinajstić information content (AvgIpc) is 2.00. The Morgan fingerprint density at radius 1 is 1.46 bits per heavy atom. The van der Waals surface area contributed by atoms with E-state index in [1.807, 2.05) is 20.8 Å². The third kappa shape index (κ3) is 7.74. The fraction of sp³-hybridized carbons (Fsp3) is 0.889. The summed E-state index contributed by atoms with van der Waals surface area (Å²) in [6.07, 6.45) is 0.581. The van der Waals surface area contributed by atoms with Crippen LogP contribution in [0.3, 0.4) is 0 Å². The smallest absolute Gasteiger partial charge is 0.320 e. The zero-order chi connectivity index (χ0) is 10.3. The van der Waals surface area contributed by atoms with Gasteiger partial charge in [0.05, 0.1) is 12.6 Å². The predicted molar refractivity (Wildman–Crippen MR) is 50.4 cm³/mol. The van der Waals surface area contributed by atoms with Crippen molar-refractivity contribution in [3.63, 3.8) is 0 Å². The largest absolute Gasteiger partial charge is 0.462 e. The Labute approximate surface area is 79.3 Å². The summed E-state index contributed by atoms with van der Waals surface area (Å²) < 4.78 is 4.91. The van der Waals surface area contributed by atoms with Gasteiger partial charge < -0.3 is 15.2 Å². The van der Waals surface area contributed by atoms with E-state index in [1.54, 1.807) is 0 Å². The Hall–Kier alpha value is -0.610. The first-order valence-corrected chi connectivity index (χ1v) is 4.60. The van der Waals surface area contributed by atoms with Gasteiger partial charge in [-0.2, -0.15) is 0 Å². The van der Waals surface area contributed by atoms with E-state index in [0.717, 1.165) is 0 Å². The molecule has 0 spiro atoms. The highest BCUT2D eigenvalue weighted by atomic mass is 16.5. The van der Waals surface area contributed by atoms with E-state index < -0.39 is 0 Å². The van der Waals surface area contributed by atoms with Gasteiger partial charge >= 0.3 is 5.97 Å². The Balaban J connectivity index is 3.46. The van der Waals surface area contributed by atoms with Crippen LogP contribution in [0.25, 0.3) is 0 Å². The molecule has 78 valence electrons. The number of hydrogen-bond acceptors (Lipinski definition) is 4. The molecule has 0 heterocycles. The first-order chi connectivity index (χ1) is 6.06. The lowest BCUT2D eigenvalue weighted by Gasteiger charge is -2.12. The van der Waals surface area contributed by atoms with Gasteiger partial charge in [-0.25, -0.2) is 0 Å². The van der Waals surface area contributed by atoms with E-state index in [0.29, 0.717) is 6.42 Å². The van der Waals surface area contributed by atoms with Crippen molar-refractivity contribution < 1.29 is 14.6 Å². The van der Waals surface area contributed by atoms with Crippen LogP contribution in [0.1, 0.15) is 27.2 Å². The number of ether oxygens (including phenoxy) is 1. The van der Waals surface area contributed by atoms with Gasteiger partial charge in [0.1, 0.15) is 0 Å². The molecule has 0 rings (SSSR count). The van der Waals surface area contributed by atoms with Crippen molar-refractivity contribution in [1.29, 1.82) is 0 Å². The summed E-state index contributed by atoms with van der Waals surface area (Å²) in [6.45, 7) is 5.88. The third-order valence-electron chi connectivity index (χ3n) is 1.52. The molecule has 2 N–H and O–H groups in total. The van der Waals surface area contributed by atoms with Crippen molar-refractivity contribution in [2.75, 3.05) is 13.2 Å². The van der Waals surface area contributed by atoms with Crippen LogP contribution in [-0.2, 0) is 9.53 Å². The summed E-state index contributed by atoms with van der Waals surface area (Å²) in [6, 6.07) is 0.143. The molecule has 0 aromatic heterocycles. The van der Waals surface area contributed by atoms with Gasteiger partial charge in [-0.15, -0.1) is 0 Å². The second kappa shape index (κ2) is 6.86. The first kappa shape index (κ1) is 12.4. The van der Waals surface area contributed by atoms with Crippen molar-refractivity contribution in [2.45, 2.75) is 39.3 Å². The molecule has 0 aliphatic heterocycles. The van der Waals surface area contributed by atoms with Gasteiger partial charge in [0.25, 0.3) is 0 Å². The fourth-order valence-electron chi connectivity index (χ4n) is 0.858. The van der Waals surface area contributed by atoms with Gasteiger partial charge in [0.15, 0.2) is 0 Å². The number of nitrogens with one attached hydrogen (secondary N) is 1. The number of esters is 1. The maximum absolute atomic E-state index is 11.0.